The summed E-state index contributed by atoms with van der Waals surface area (Å²) in [6.45, 7) is 6.68. The van der Waals surface area contributed by atoms with Gasteiger partial charge in [0.2, 0.25) is 5.91 Å². The topological polar surface area (TPSA) is 65.5 Å². The van der Waals surface area contributed by atoms with Gasteiger partial charge in [0.15, 0.2) is 0 Å². The molecule has 27 heavy (non-hydrogen) atoms. The van der Waals surface area contributed by atoms with Crippen LogP contribution < -0.4 is 5.32 Å². The number of hydrogen-bond donors (Lipinski definition) is 1. The lowest BCUT2D eigenvalue weighted by molar-refractivity contribution is -0.121. The number of rotatable bonds is 5. The summed E-state index contributed by atoms with van der Waals surface area (Å²) in [5, 5.41) is 5.92. The van der Waals surface area contributed by atoms with E-state index in [0.29, 0.717) is 39.0 Å². The van der Waals surface area contributed by atoms with Crippen LogP contribution in [0.4, 0.5) is 10.5 Å². The number of carbonyl (C=O) groups excluding carboxylic acids is 2. The highest BCUT2D eigenvalue weighted by Crippen LogP contribution is 2.24. The third-order valence-corrected chi connectivity index (χ3v) is 5.82. The Morgan fingerprint density at radius 1 is 1.19 bits per heavy atom. The Hall–Kier alpha value is -2.41. The molecule has 1 saturated heterocycles. The van der Waals surface area contributed by atoms with E-state index in [1.165, 1.54) is 0 Å². The Kier molecular flexibility index (Phi) is 6.45. The van der Waals surface area contributed by atoms with Gasteiger partial charge >= 0.3 is 6.03 Å². The molecule has 1 aliphatic rings. The van der Waals surface area contributed by atoms with Crippen molar-refractivity contribution in [3.05, 3.63) is 35.8 Å². The van der Waals surface area contributed by atoms with Crippen LogP contribution in [-0.2, 0) is 4.79 Å². The van der Waals surface area contributed by atoms with Crippen LogP contribution in [0.15, 0.2) is 35.8 Å². The highest BCUT2D eigenvalue weighted by Gasteiger charge is 2.28. The van der Waals surface area contributed by atoms with E-state index in [4.69, 9.17) is 0 Å². The maximum Gasteiger partial charge on any atom is 0.319 e. The monoisotopic (exact) mass is 386 g/mol. The largest absolute Gasteiger partial charge is 0.326 e. The molecule has 144 valence electrons. The first-order valence-corrected chi connectivity index (χ1v) is 10.3. The summed E-state index contributed by atoms with van der Waals surface area (Å²) < 4.78 is 0. The summed E-state index contributed by atoms with van der Waals surface area (Å²) >= 11 is 1.59. The van der Waals surface area contributed by atoms with E-state index in [1.807, 2.05) is 53.3 Å². The van der Waals surface area contributed by atoms with Gasteiger partial charge in [0.25, 0.3) is 0 Å². The standard InChI is InChI=1S/C20H26N4O2S/c1-3-23(4-2)20(26)24-12-9-15(10-13-24)18(25)22-17-7-5-16(6-8-17)19-21-11-14-27-19/h5-8,11,14-15H,3-4,9-10,12-13H2,1-2H3,(H,22,25). The van der Waals surface area contributed by atoms with Gasteiger partial charge in [-0.3, -0.25) is 4.79 Å². The Balaban J connectivity index is 1.52. The molecule has 1 aromatic carbocycles. The lowest BCUT2D eigenvalue weighted by Gasteiger charge is -2.34. The van der Waals surface area contributed by atoms with Crippen molar-refractivity contribution in [1.82, 2.24) is 14.8 Å². The number of hydrogen-bond acceptors (Lipinski definition) is 4. The molecule has 0 bridgehead atoms. The van der Waals surface area contributed by atoms with E-state index in [9.17, 15) is 9.59 Å². The lowest BCUT2D eigenvalue weighted by atomic mass is 9.96. The lowest BCUT2D eigenvalue weighted by Crippen LogP contribution is -2.47. The number of anilines is 1. The van der Waals surface area contributed by atoms with Crippen LogP contribution in [0.2, 0.25) is 0 Å². The molecule has 2 aromatic rings. The van der Waals surface area contributed by atoms with Crippen LogP contribution in [0.1, 0.15) is 26.7 Å². The number of piperidine rings is 1. The van der Waals surface area contributed by atoms with Crippen molar-refractivity contribution in [2.45, 2.75) is 26.7 Å². The maximum absolute atomic E-state index is 12.6. The minimum atomic E-state index is -0.0515. The fourth-order valence-corrected chi connectivity index (χ4v) is 3.98. The Bertz CT molecular complexity index is 749. The smallest absolute Gasteiger partial charge is 0.319 e. The molecule has 3 rings (SSSR count). The average Bonchev–Trinajstić information content (AvgIpc) is 3.24. The minimum absolute atomic E-state index is 0.0342. The summed E-state index contributed by atoms with van der Waals surface area (Å²) in [4.78, 5) is 32.9. The van der Waals surface area contributed by atoms with Crippen molar-refractivity contribution >= 4 is 29.0 Å². The van der Waals surface area contributed by atoms with Crippen molar-refractivity contribution in [1.29, 1.82) is 0 Å². The number of amides is 3. The summed E-state index contributed by atoms with van der Waals surface area (Å²) in [6.07, 6.45) is 3.19. The number of urea groups is 1. The molecule has 0 atom stereocenters. The SMILES string of the molecule is CCN(CC)C(=O)N1CCC(C(=O)Nc2ccc(-c3nccs3)cc2)CC1. The molecule has 0 saturated carbocycles. The van der Waals surface area contributed by atoms with E-state index in [2.05, 4.69) is 10.3 Å². The molecular formula is C20H26N4O2S. The first kappa shape index (κ1) is 19.4. The van der Waals surface area contributed by atoms with Crippen LogP contribution >= 0.6 is 11.3 Å². The van der Waals surface area contributed by atoms with Gasteiger partial charge < -0.3 is 15.1 Å². The number of carbonyl (C=O) groups is 2. The molecule has 0 radical (unpaired) electrons. The van der Waals surface area contributed by atoms with Gasteiger partial charge in [0, 0.05) is 54.9 Å². The van der Waals surface area contributed by atoms with Gasteiger partial charge in [-0.1, -0.05) is 0 Å². The molecule has 0 spiro atoms. The Morgan fingerprint density at radius 3 is 2.41 bits per heavy atom. The summed E-state index contributed by atoms with van der Waals surface area (Å²) in [5.74, 6) is -0.0173. The maximum atomic E-state index is 12.6. The molecule has 1 fully saturated rings. The van der Waals surface area contributed by atoms with Gasteiger partial charge in [0.1, 0.15) is 5.01 Å². The molecular weight excluding hydrogens is 360 g/mol. The zero-order valence-corrected chi connectivity index (χ0v) is 16.7. The normalized spacial score (nSPS) is 14.8. The van der Waals surface area contributed by atoms with E-state index in [1.54, 1.807) is 17.5 Å². The fourth-order valence-electron chi connectivity index (χ4n) is 3.33. The fraction of sp³-hybridized carbons (Fsp3) is 0.450. The zero-order chi connectivity index (χ0) is 19.2. The number of nitrogens with zero attached hydrogens (tertiary/aromatic N) is 3. The third kappa shape index (κ3) is 4.66. The van der Waals surface area contributed by atoms with Gasteiger partial charge in [-0.15, -0.1) is 11.3 Å². The summed E-state index contributed by atoms with van der Waals surface area (Å²) in [5.41, 5.74) is 1.84. The first-order chi connectivity index (χ1) is 13.1. The number of nitrogens with one attached hydrogen (secondary N) is 1. The minimum Gasteiger partial charge on any atom is -0.326 e. The molecule has 6 nitrogen and oxygen atoms in total. The van der Waals surface area contributed by atoms with Crippen LogP contribution in [0, 0.1) is 5.92 Å². The second kappa shape index (κ2) is 8.99. The van der Waals surface area contributed by atoms with E-state index in [0.717, 1.165) is 16.3 Å². The van der Waals surface area contributed by atoms with Gasteiger partial charge in [-0.2, -0.15) is 0 Å². The molecule has 0 unspecified atom stereocenters. The van der Waals surface area contributed by atoms with Crippen molar-refractivity contribution in [3.8, 4) is 10.6 Å². The van der Waals surface area contributed by atoms with Crippen molar-refractivity contribution < 1.29 is 9.59 Å². The van der Waals surface area contributed by atoms with Gasteiger partial charge in [0.05, 0.1) is 0 Å². The number of likely N-dealkylation sites (tertiary alicyclic amines) is 1. The van der Waals surface area contributed by atoms with E-state index < -0.39 is 0 Å². The second-order valence-electron chi connectivity index (χ2n) is 6.62. The quantitative estimate of drug-likeness (QED) is 0.847. The molecule has 1 aliphatic heterocycles. The number of thiazole rings is 1. The van der Waals surface area contributed by atoms with E-state index >= 15 is 0 Å². The predicted octanol–water partition coefficient (Wildman–Crippen LogP) is 3.92. The molecule has 1 aromatic heterocycles. The van der Waals surface area contributed by atoms with Crippen molar-refractivity contribution in [2.75, 3.05) is 31.5 Å². The highest BCUT2D eigenvalue weighted by atomic mass is 32.1. The Morgan fingerprint density at radius 2 is 1.85 bits per heavy atom. The summed E-state index contributed by atoms with van der Waals surface area (Å²) in [6, 6.07) is 7.85. The molecule has 0 aliphatic carbocycles. The van der Waals surface area contributed by atoms with Gasteiger partial charge in [-0.05, 0) is 51.0 Å². The van der Waals surface area contributed by atoms with Crippen molar-refractivity contribution in [2.24, 2.45) is 5.92 Å². The van der Waals surface area contributed by atoms with Gasteiger partial charge in [-0.25, -0.2) is 9.78 Å². The van der Waals surface area contributed by atoms with Crippen LogP contribution in [0.25, 0.3) is 10.6 Å². The van der Waals surface area contributed by atoms with Crippen LogP contribution in [0.3, 0.4) is 0 Å². The molecule has 2 heterocycles. The van der Waals surface area contributed by atoms with Crippen LogP contribution in [0.5, 0.6) is 0 Å². The second-order valence-corrected chi connectivity index (χ2v) is 7.51. The third-order valence-electron chi connectivity index (χ3n) is 5.00. The summed E-state index contributed by atoms with van der Waals surface area (Å²) in [7, 11) is 0. The molecule has 7 heteroatoms. The number of benzene rings is 1. The predicted molar refractivity (Wildman–Crippen MR) is 109 cm³/mol. The molecule has 1 N–H and O–H groups in total. The first-order valence-electron chi connectivity index (χ1n) is 9.47. The number of aromatic nitrogens is 1. The zero-order valence-electron chi connectivity index (χ0n) is 15.9. The Labute approximate surface area is 164 Å². The highest BCUT2D eigenvalue weighted by molar-refractivity contribution is 7.13. The average molecular weight is 387 g/mol. The molecule has 3 amide bonds. The van der Waals surface area contributed by atoms with E-state index in [-0.39, 0.29) is 17.9 Å². The van der Waals surface area contributed by atoms with Crippen molar-refractivity contribution in [3.63, 3.8) is 0 Å². The van der Waals surface area contributed by atoms with Crippen LogP contribution in [-0.4, -0.2) is 52.9 Å².